The number of hydrogen-bond acceptors (Lipinski definition) is 3. The Morgan fingerprint density at radius 3 is 2.58 bits per heavy atom. The van der Waals surface area contributed by atoms with Gasteiger partial charge in [-0.1, -0.05) is 39.7 Å². The van der Waals surface area contributed by atoms with E-state index < -0.39 is 0 Å². The first kappa shape index (κ1) is 15.2. The van der Waals surface area contributed by atoms with Gasteiger partial charge in [-0.2, -0.15) is 0 Å². The Morgan fingerprint density at radius 1 is 1.26 bits per heavy atom. The van der Waals surface area contributed by atoms with Gasteiger partial charge in [0.15, 0.2) is 0 Å². The van der Waals surface area contributed by atoms with Gasteiger partial charge in [0, 0.05) is 18.0 Å². The number of benzene rings is 1. The van der Waals surface area contributed by atoms with Gasteiger partial charge in [0.2, 0.25) is 0 Å². The van der Waals surface area contributed by atoms with E-state index in [1.165, 1.54) is 0 Å². The highest BCUT2D eigenvalue weighted by Crippen LogP contribution is 2.21. The summed E-state index contributed by atoms with van der Waals surface area (Å²) in [7, 11) is 1.64. The minimum Gasteiger partial charge on any atom is -0.378 e. The molecule has 0 aliphatic carbocycles. The quantitative estimate of drug-likeness (QED) is 0.513. The molecule has 0 bridgehead atoms. The van der Waals surface area contributed by atoms with E-state index in [2.05, 4.69) is 48.5 Å². The Balaban J connectivity index is 2.27. The average molecular weight is 454 g/mol. The Hall–Kier alpha value is -0.240. The molecule has 0 aliphatic rings. The minimum absolute atomic E-state index is 0.438. The van der Waals surface area contributed by atoms with Crippen molar-refractivity contribution in [1.29, 1.82) is 0 Å². The van der Waals surface area contributed by atoms with Crippen molar-refractivity contribution < 1.29 is 4.74 Å². The van der Waals surface area contributed by atoms with E-state index in [-0.39, 0.29) is 0 Å². The Bertz CT molecular complexity index is 578. The fraction of sp³-hybridized carbons (Fsp3) is 0.231. The standard InChI is InChI=1S/C13H11BrClIN2O/c1-19-7-10-12(16)13(15)18-11(17-10)6-8-2-4-9(14)5-3-8/h2-5H,6-7H2,1H3. The van der Waals surface area contributed by atoms with Crippen LogP contribution in [0.3, 0.4) is 0 Å². The van der Waals surface area contributed by atoms with Gasteiger partial charge >= 0.3 is 0 Å². The Morgan fingerprint density at radius 2 is 1.95 bits per heavy atom. The molecule has 19 heavy (non-hydrogen) atoms. The molecule has 0 saturated heterocycles. The van der Waals surface area contributed by atoms with Crippen LogP contribution in [0.15, 0.2) is 28.7 Å². The summed E-state index contributed by atoms with van der Waals surface area (Å²) < 4.78 is 7.03. The Kier molecular flexibility index (Phi) is 5.56. The molecule has 1 aromatic carbocycles. The number of aromatic nitrogens is 2. The van der Waals surface area contributed by atoms with Crippen LogP contribution < -0.4 is 0 Å². The highest BCUT2D eigenvalue weighted by molar-refractivity contribution is 14.1. The fourth-order valence-electron chi connectivity index (χ4n) is 1.61. The summed E-state index contributed by atoms with van der Waals surface area (Å²) in [6.07, 6.45) is 0.653. The third-order valence-electron chi connectivity index (χ3n) is 2.48. The number of hydrogen-bond donors (Lipinski definition) is 0. The van der Waals surface area contributed by atoms with Crippen molar-refractivity contribution in [2.45, 2.75) is 13.0 Å². The number of ether oxygens (including phenoxy) is 1. The first-order chi connectivity index (χ1) is 9.10. The highest BCUT2D eigenvalue weighted by atomic mass is 127. The van der Waals surface area contributed by atoms with Crippen molar-refractivity contribution in [2.24, 2.45) is 0 Å². The second-order valence-electron chi connectivity index (χ2n) is 3.93. The van der Waals surface area contributed by atoms with Crippen LogP contribution in [0.25, 0.3) is 0 Å². The molecule has 0 unspecified atom stereocenters. The zero-order chi connectivity index (χ0) is 13.8. The maximum absolute atomic E-state index is 6.12. The van der Waals surface area contributed by atoms with Gasteiger partial charge in [-0.05, 0) is 40.3 Å². The topological polar surface area (TPSA) is 35.0 Å². The number of methoxy groups -OCH3 is 1. The molecule has 1 aromatic heterocycles. The van der Waals surface area contributed by atoms with Crippen molar-refractivity contribution in [3.63, 3.8) is 0 Å². The zero-order valence-electron chi connectivity index (χ0n) is 10.2. The predicted octanol–water partition coefficient (Wildman–Crippen LogP) is 4.23. The second kappa shape index (κ2) is 6.97. The molecule has 0 fully saturated rings. The second-order valence-corrected chi connectivity index (χ2v) is 6.28. The summed E-state index contributed by atoms with van der Waals surface area (Å²) in [5.41, 5.74) is 1.97. The summed E-state index contributed by atoms with van der Waals surface area (Å²) in [6, 6.07) is 8.07. The van der Waals surface area contributed by atoms with Crippen molar-refractivity contribution in [2.75, 3.05) is 7.11 Å². The third-order valence-corrected chi connectivity index (χ3v) is 4.74. The van der Waals surface area contributed by atoms with E-state index in [4.69, 9.17) is 16.3 Å². The lowest BCUT2D eigenvalue weighted by molar-refractivity contribution is 0.180. The van der Waals surface area contributed by atoms with Crippen molar-refractivity contribution >= 4 is 50.1 Å². The molecule has 6 heteroatoms. The van der Waals surface area contributed by atoms with E-state index in [0.717, 1.165) is 19.3 Å². The molecular weight excluding hydrogens is 442 g/mol. The van der Waals surface area contributed by atoms with E-state index in [1.54, 1.807) is 7.11 Å². The number of rotatable bonds is 4. The van der Waals surface area contributed by atoms with Crippen LogP contribution >= 0.6 is 50.1 Å². The van der Waals surface area contributed by atoms with E-state index in [1.807, 2.05) is 24.3 Å². The number of halogens is 3. The minimum atomic E-state index is 0.438. The molecule has 0 amide bonds. The summed E-state index contributed by atoms with van der Waals surface area (Å²) in [5.74, 6) is 0.708. The van der Waals surface area contributed by atoms with Crippen LogP contribution in [0.1, 0.15) is 17.1 Å². The van der Waals surface area contributed by atoms with Gasteiger partial charge in [-0.3, -0.25) is 0 Å². The first-order valence-electron chi connectivity index (χ1n) is 5.54. The molecule has 3 nitrogen and oxygen atoms in total. The van der Waals surface area contributed by atoms with Crippen molar-refractivity contribution in [3.05, 3.63) is 54.5 Å². The lowest BCUT2D eigenvalue weighted by Crippen LogP contribution is -2.05. The largest absolute Gasteiger partial charge is 0.378 e. The summed E-state index contributed by atoms with van der Waals surface area (Å²) in [4.78, 5) is 8.81. The normalized spacial score (nSPS) is 10.7. The first-order valence-corrected chi connectivity index (χ1v) is 7.79. The van der Waals surface area contributed by atoms with E-state index in [9.17, 15) is 0 Å². The third kappa shape index (κ3) is 4.11. The molecular formula is C13H11BrClIN2O. The monoisotopic (exact) mass is 452 g/mol. The van der Waals surface area contributed by atoms with Gasteiger partial charge in [-0.25, -0.2) is 9.97 Å². The van der Waals surface area contributed by atoms with E-state index >= 15 is 0 Å². The van der Waals surface area contributed by atoms with Gasteiger partial charge in [0.1, 0.15) is 11.0 Å². The maximum atomic E-state index is 6.12. The van der Waals surface area contributed by atoms with Crippen LogP contribution in [0, 0.1) is 3.57 Å². The predicted molar refractivity (Wildman–Crippen MR) is 87.4 cm³/mol. The van der Waals surface area contributed by atoms with E-state index in [0.29, 0.717) is 24.0 Å². The zero-order valence-corrected chi connectivity index (χ0v) is 14.7. The molecule has 0 atom stereocenters. The lowest BCUT2D eigenvalue weighted by Gasteiger charge is -2.07. The molecule has 0 aliphatic heterocycles. The Labute approximate surface area is 139 Å². The number of nitrogens with zero attached hydrogens (tertiary/aromatic N) is 2. The molecule has 1 heterocycles. The van der Waals surface area contributed by atoms with Crippen LogP contribution in [0.4, 0.5) is 0 Å². The molecule has 0 radical (unpaired) electrons. The van der Waals surface area contributed by atoms with Gasteiger partial charge in [0.25, 0.3) is 0 Å². The van der Waals surface area contributed by atoms with Crippen LogP contribution in [0.5, 0.6) is 0 Å². The van der Waals surface area contributed by atoms with Crippen molar-refractivity contribution in [3.8, 4) is 0 Å². The smallest absolute Gasteiger partial charge is 0.146 e. The molecule has 100 valence electrons. The van der Waals surface area contributed by atoms with Gasteiger partial charge in [-0.15, -0.1) is 0 Å². The van der Waals surface area contributed by atoms with Crippen LogP contribution in [-0.2, 0) is 17.8 Å². The lowest BCUT2D eigenvalue weighted by atomic mass is 10.1. The van der Waals surface area contributed by atoms with Crippen LogP contribution in [-0.4, -0.2) is 17.1 Å². The highest BCUT2D eigenvalue weighted by Gasteiger charge is 2.11. The summed E-state index contributed by atoms with van der Waals surface area (Å²) in [5, 5.41) is 0.481. The fourth-order valence-corrected chi connectivity index (χ4v) is 2.48. The average Bonchev–Trinajstić information content (AvgIpc) is 2.38. The molecule has 2 aromatic rings. The molecule has 0 N–H and O–H groups in total. The maximum Gasteiger partial charge on any atom is 0.146 e. The van der Waals surface area contributed by atoms with Crippen LogP contribution in [0.2, 0.25) is 5.15 Å². The molecule has 0 saturated carbocycles. The summed E-state index contributed by atoms with van der Waals surface area (Å²) in [6.45, 7) is 0.438. The molecule has 0 spiro atoms. The van der Waals surface area contributed by atoms with Gasteiger partial charge in [0.05, 0.1) is 15.9 Å². The SMILES string of the molecule is COCc1nc(Cc2ccc(Br)cc2)nc(Cl)c1I. The van der Waals surface area contributed by atoms with Gasteiger partial charge < -0.3 is 4.74 Å². The molecule has 2 rings (SSSR count). The van der Waals surface area contributed by atoms with Crippen molar-refractivity contribution in [1.82, 2.24) is 9.97 Å². The summed E-state index contributed by atoms with van der Waals surface area (Å²) >= 11 is 11.7.